The summed E-state index contributed by atoms with van der Waals surface area (Å²) in [5, 5.41) is 3.01. The molecule has 1 heterocycles. The average molecular weight is 505 g/mol. The number of aromatic nitrogens is 1. The van der Waals surface area contributed by atoms with Gasteiger partial charge in [0.15, 0.2) is 5.78 Å². The second-order valence-corrected chi connectivity index (χ2v) is 8.06. The first kappa shape index (κ1) is 25.4. The van der Waals surface area contributed by atoms with E-state index in [0.717, 1.165) is 12.1 Å². The number of benzene rings is 3. The lowest BCUT2D eigenvalue weighted by atomic mass is 10.0. The van der Waals surface area contributed by atoms with Crippen LogP contribution in [0.4, 0.5) is 10.1 Å². The number of ether oxygens (including phenoxy) is 3. The minimum Gasteiger partial charge on any atom is -0.497 e. The smallest absolute Gasteiger partial charge is 0.244 e. The number of nitrogens with one attached hydrogen (secondary N) is 1. The summed E-state index contributed by atoms with van der Waals surface area (Å²) in [5.41, 5.74) is 0.362. The van der Waals surface area contributed by atoms with Gasteiger partial charge in [-0.25, -0.2) is 4.39 Å². The number of carbonyl (C=O) groups is 2. The highest BCUT2D eigenvalue weighted by molar-refractivity contribution is 6.10. The lowest BCUT2D eigenvalue weighted by Gasteiger charge is -2.16. The van der Waals surface area contributed by atoms with Gasteiger partial charge in [-0.3, -0.25) is 14.4 Å². The molecule has 0 saturated heterocycles. The Hall–Kier alpha value is -4.66. The fourth-order valence-corrected chi connectivity index (χ4v) is 3.93. The number of pyridine rings is 1. The summed E-state index contributed by atoms with van der Waals surface area (Å²) in [6.07, 6.45) is 1.35. The minimum atomic E-state index is -0.584. The number of hydrogen-bond acceptors (Lipinski definition) is 6. The van der Waals surface area contributed by atoms with Crippen molar-refractivity contribution in [3.8, 4) is 17.2 Å². The molecular formula is C28H25FN2O6. The maximum atomic E-state index is 13.4. The molecule has 0 radical (unpaired) electrons. The number of amides is 1. The van der Waals surface area contributed by atoms with Crippen molar-refractivity contribution in [2.24, 2.45) is 0 Å². The Labute approximate surface area is 212 Å². The number of anilines is 1. The summed E-state index contributed by atoms with van der Waals surface area (Å²) in [6.45, 7) is 2.00. The van der Waals surface area contributed by atoms with Crippen LogP contribution in [0.5, 0.6) is 17.2 Å². The van der Waals surface area contributed by atoms with Gasteiger partial charge in [-0.2, -0.15) is 0 Å². The van der Waals surface area contributed by atoms with Crippen LogP contribution < -0.4 is 25.0 Å². The molecule has 3 aromatic carbocycles. The van der Waals surface area contributed by atoms with E-state index < -0.39 is 22.9 Å². The number of carbonyl (C=O) groups excluding carboxylic acids is 2. The van der Waals surface area contributed by atoms with Crippen molar-refractivity contribution in [3.05, 3.63) is 94.0 Å². The Bertz CT molecular complexity index is 1530. The van der Waals surface area contributed by atoms with Crippen LogP contribution in [0.2, 0.25) is 0 Å². The molecule has 9 heteroatoms. The Morgan fingerprint density at radius 3 is 2.35 bits per heavy atom. The van der Waals surface area contributed by atoms with Crippen molar-refractivity contribution in [3.63, 3.8) is 0 Å². The second-order valence-electron chi connectivity index (χ2n) is 8.06. The van der Waals surface area contributed by atoms with Gasteiger partial charge in [0.2, 0.25) is 11.3 Å². The van der Waals surface area contributed by atoms with Gasteiger partial charge in [-0.1, -0.05) is 0 Å². The van der Waals surface area contributed by atoms with Crippen LogP contribution in [0, 0.1) is 5.82 Å². The van der Waals surface area contributed by atoms with Gasteiger partial charge in [0.1, 0.15) is 29.6 Å². The van der Waals surface area contributed by atoms with E-state index in [4.69, 9.17) is 14.2 Å². The molecular weight excluding hydrogens is 479 g/mol. The fourth-order valence-electron chi connectivity index (χ4n) is 3.93. The molecule has 0 unspecified atom stereocenters. The third-order valence-corrected chi connectivity index (χ3v) is 5.71. The van der Waals surface area contributed by atoms with Crippen LogP contribution in [-0.4, -0.2) is 37.1 Å². The number of ketones is 1. The van der Waals surface area contributed by atoms with E-state index in [0.29, 0.717) is 35.1 Å². The Balaban J connectivity index is 1.76. The number of halogens is 1. The lowest BCUT2D eigenvalue weighted by Crippen LogP contribution is -2.24. The molecule has 1 N–H and O–H groups in total. The summed E-state index contributed by atoms with van der Waals surface area (Å²) in [4.78, 5) is 39.6. The highest BCUT2D eigenvalue weighted by Crippen LogP contribution is 2.29. The van der Waals surface area contributed by atoms with Crippen LogP contribution in [0.25, 0.3) is 10.9 Å². The van der Waals surface area contributed by atoms with E-state index in [-0.39, 0.29) is 23.1 Å². The Kier molecular flexibility index (Phi) is 7.52. The van der Waals surface area contributed by atoms with Crippen molar-refractivity contribution < 1.29 is 28.2 Å². The van der Waals surface area contributed by atoms with E-state index in [1.54, 1.807) is 36.4 Å². The predicted molar refractivity (Wildman–Crippen MR) is 137 cm³/mol. The number of nitrogens with zero attached hydrogens (tertiary/aromatic N) is 1. The van der Waals surface area contributed by atoms with E-state index in [2.05, 4.69) is 5.32 Å². The maximum Gasteiger partial charge on any atom is 0.244 e. The molecule has 0 fully saturated rings. The largest absolute Gasteiger partial charge is 0.497 e. The molecule has 37 heavy (non-hydrogen) atoms. The van der Waals surface area contributed by atoms with Crippen molar-refractivity contribution in [1.82, 2.24) is 4.57 Å². The molecule has 0 atom stereocenters. The van der Waals surface area contributed by atoms with Gasteiger partial charge in [-0.15, -0.1) is 0 Å². The van der Waals surface area contributed by atoms with Crippen molar-refractivity contribution in [2.45, 2.75) is 13.5 Å². The molecule has 0 aliphatic carbocycles. The molecule has 4 aromatic rings. The Morgan fingerprint density at radius 1 is 0.946 bits per heavy atom. The van der Waals surface area contributed by atoms with Crippen LogP contribution in [0.15, 0.2) is 71.7 Å². The Morgan fingerprint density at radius 2 is 1.68 bits per heavy atom. The molecule has 0 saturated carbocycles. The SMILES string of the molecule is CCOc1ccc2c(c1)c(=O)c(C(=O)c1ccc(F)cc1)cn2CC(=O)Nc1ccc(OC)cc1OC. The first-order chi connectivity index (χ1) is 17.8. The summed E-state index contributed by atoms with van der Waals surface area (Å²) in [5.74, 6) is -0.0691. The van der Waals surface area contributed by atoms with Crippen molar-refractivity contribution >= 4 is 28.3 Å². The predicted octanol–water partition coefficient (Wildman–Crippen LogP) is 4.43. The van der Waals surface area contributed by atoms with E-state index in [1.165, 1.54) is 37.1 Å². The summed E-state index contributed by atoms with van der Waals surface area (Å²) in [7, 11) is 3.00. The number of rotatable bonds is 9. The highest BCUT2D eigenvalue weighted by atomic mass is 19.1. The van der Waals surface area contributed by atoms with E-state index in [1.807, 2.05) is 6.92 Å². The number of fused-ring (bicyclic) bond motifs is 1. The average Bonchev–Trinajstić information content (AvgIpc) is 2.90. The molecule has 8 nitrogen and oxygen atoms in total. The quantitative estimate of drug-likeness (QED) is 0.339. The van der Waals surface area contributed by atoms with Crippen molar-refractivity contribution in [1.29, 1.82) is 0 Å². The van der Waals surface area contributed by atoms with Gasteiger partial charge < -0.3 is 24.1 Å². The summed E-state index contributed by atoms with van der Waals surface area (Å²) >= 11 is 0. The van der Waals surface area contributed by atoms with Crippen LogP contribution >= 0.6 is 0 Å². The molecule has 1 aromatic heterocycles. The molecule has 190 valence electrons. The maximum absolute atomic E-state index is 13.4. The first-order valence-electron chi connectivity index (χ1n) is 11.5. The standard InChI is InChI=1S/C28H25FN2O6/c1-4-37-20-10-12-24-21(13-20)28(34)22(27(33)17-5-7-18(29)8-6-17)15-31(24)16-26(32)30-23-11-9-19(35-2)14-25(23)36-3/h5-15H,4,16H2,1-3H3,(H,30,32). The van der Waals surface area contributed by atoms with Gasteiger partial charge in [0, 0.05) is 17.8 Å². The van der Waals surface area contributed by atoms with Crippen LogP contribution in [0.3, 0.4) is 0 Å². The molecule has 0 spiro atoms. The highest BCUT2D eigenvalue weighted by Gasteiger charge is 2.19. The molecule has 0 bridgehead atoms. The lowest BCUT2D eigenvalue weighted by molar-refractivity contribution is -0.116. The zero-order valence-electron chi connectivity index (χ0n) is 20.5. The monoisotopic (exact) mass is 504 g/mol. The van der Waals surface area contributed by atoms with Gasteiger partial charge in [0.05, 0.1) is 43.0 Å². The van der Waals surface area contributed by atoms with Gasteiger partial charge in [-0.05, 0) is 61.5 Å². The van der Waals surface area contributed by atoms with Crippen molar-refractivity contribution in [2.75, 3.05) is 26.1 Å². The molecule has 0 aliphatic heterocycles. The zero-order valence-corrected chi connectivity index (χ0v) is 20.5. The fraction of sp³-hybridized carbons (Fsp3) is 0.179. The summed E-state index contributed by atoms with van der Waals surface area (Å²) in [6, 6.07) is 14.8. The van der Waals surface area contributed by atoms with E-state index in [9.17, 15) is 18.8 Å². The minimum absolute atomic E-state index is 0.150. The third kappa shape index (κ3) is 5.45. The molecule has 4 rings (SSSR count). The van der Waals surface area contributed by atoms with Gasteiger partial charge in [0.25, 0.3) is 0 Å². The molecule has 1 amide bonds. The third-order valence-electron chi connectivity index (χ3n) is 5.71. The second kappa shape index (κ2) is 10.9. The van der Waals surface area contributed by atoms with Crippen LogP contribution in [0.1, 0.15) is 22.8 Å². The summed E-state index contributed by atoms with van der Waals surface area (Å²) < 4.78 is 31.0. The van der Waals surface area contributed by atoms with E-state index >= 15 is 0 Å². The first-order valence-corrected chi connectivity index (χ1v) is 11.5. The van der Waals surface area contributed by atoms with Gasteiger partial charge >= 0.3 is 0 Å². The zero-order chi connectivity index (χ0) is 26.5. The number of hydrogen-bond donors (Lipinski definition) is 1. The van der Waals surface area contributed by atoms with Crippen LogP contribution in [-0.2, 0) is 11.3 Å². The number of methoxy groups -OCH3 is 2. The molecule has 0 aliphatic rings. The topological polar surface area (TPSA) is 95.9 Å². The normalized spacial score (nSPS) is 10.7.